The lowest BCUT2D eigenvalue weighted by molar-refractivity contribution is -0.102. The highest BCUT2D eigenvalue weighted by Crippen LogP contribution is 2.41. The summed E-state index contributed by atoms with van der Waals surface area (Å²) in [6, 6.07) is 0. The summed E-state index contributed by atoms with van der Waals surface area (Å²) in [6.07, 6.45) is -7.33. The van der Waals surface area contributed by atoms with E-state index in [1.165, 1.54) is 5.38 Å². The number of allylic oxidation sites excluding steroid dienone is 4. The molecule has 0 aromatic carbocycles. The van der Waals surface area contributed by atoms with Gasteiger partial charge in [-0.1, -0.05) is 0 Å². The maximum absolute atomic E-state index is 13.4. The van der Waals surface area contributed by atoms with Crippen molar-refractivity contribution in [1.29, 1.82) is 0 Å². The van der Waals surface area contributed by atoms with Crippen molar-refractivity contribution in [3.05, 3.63) is 28.5 Å². The van der Waals surface area contributed by atoms with Gasteiger partial charge in [0.25, 0.3) is 0 Å². The van der Waals surface area contributed by atoms with E-state index in [-0.39, 0.29) is 16.4 Å². The van der Waals surface area contributed by atoms with Gasteiger partial charge >= 0.3 is 6.18 Å². The van der Waals surface area contributed by atoms with E-state index in [4.69, 9.17) is 5.73 Å². The molecular formula is C10H7F5N2S. The SMILES string of the molecule is Nc1nc(C2=CC(F)=C(C(F)(F)F)C(F)C2)cs1. The van der Waals surface area contributed by atoms with E-state index in [9.17, 15) is 22.0 Å². The number of nitrogens with zero attached hydrogens (tertiary/aromatic N) is 1. The van der Waals surface area contributed by atoms with E-state index in [1.54, 1.807) is 0 Å². The van der Waals surface area contributed by atoms with Crippen molar-refractivity contribution in [3.8, 4) is 0 Å². The van der Waals surface area contributed by atoms with Crippen LogP contribution in [-0.4, -0.2) is 17.3 Å². The molecule has 1 unspecified atom stereocenters. The molecule has 0 spiro atoms. The lowest BCUT2D eigenvalue weighted by Crippen LogP contribution is -2.24. The maximum Gasteiger partial charge on any atom is 0.418 e. The van der Waals surface area contributed by atoms with E-state index in [2.05, 4.69) is 4.98 Å². The Hall–Kier alpha value is -1.44. The molecule has 1 heterocycles. The van der Waals surface area contributed by atoms with Gasteiger partial charge in [-0.2, -0.15) is 13.2 Å². The van der Waals surface area contributed by atoms with Gasteiger partial charge in [0.2, 0.25) is 0 Å². The normalized spacial score (nSPS) is 21.2. The summed E-state index contributed by atoms with van der Waals surface area (Å²) in [6.45, 7) is 0. The van der Waals surface area contributed by atoms with Crippen molar-refractivity contribution in [3.63, 3.8) is 0 Å². The molecule has 1 aliphatic rings. The van der Waals surface area contributed by atoms with E-state index >= 15 is 0 Å². The molecule has 0 saturated heterocycles. The molecular weight excluding hydrogens is 275 g/mol. The molecule has 0 aliphatic heterocycles. The van der Waals surface area contributed by atoms with Crippen LogP contribution in [0.15, 0.2) is 22.9 Å². The predicted octanol–water partition coefficient (Wildman–Crippen LogP) is 3.64. The molecule has 1 aliphatic carbocycles. The highest BCUT2D eigenvalue weighted by atomic mass is 32.1. The average molecular weight is 282 g/mol. The number of halogens is 5. The fourth-order valence-electron chi connectivity index (χ4n) is 1.66. The quantitative estimate of drug-likeness (QED) is 0.799. The van der Waals surface area contributed by atoms with Gasteiger partial charge in [0.1, 0.15) is 17.6 Å². The summed E-state index contributed by atoms with van der Waals surface area (Å²) in [4.78, 5) is 3.78. The zero-order valence-electron chi connectivity index (χ0n) is 8.76. The maximum atomic E-state index is 13.4. The summed E-state index contributed by atoms with van der Waals surface area (Å²) in [5.41, 5.74) is 3.86. The second-order valence-electron chi connectivity index (χ2n) is 3.67. The summed E-state index contributed by atoms with van der Waals surface area (Å²) < 4.78 is 63.9. The number of anilines is 1. The highest BCUT2D eigenvalue weighted by molar-refractivity contribution is 7.13. The third-order valence-corrected chi connectivity index (χ3v) is 3.10. The van der Waals surface area contributed by atoms with Gasteiger partial charge in [0, 0.05) is 11.8 Å². The zero-order valence-corrected chi connectivity index (χ0v) is 9.58. The first-order chi connectivity index (χ1) is 8.29. The molecule has 0 radical (unpaired) electrons. The van der Waals surface area contributed by atoms with Gasteiger partial charge in [-0.25, -0.2) is 13.8 Å². The van der Waals surface area contributed by atoms with Crippen LogP contribution in [0.3, 0.4) is 0 Å². The number of nitrogen functional groups attached to an aromatic ring is 1. The van der Waals surface area contributed by atoms with E-state index < -0.39 is 30.2 Å². The Labute approximate surface area is 103 Å². The molecule has 1 aromatic rings. The van der Waals surface area contributed by atoms with E-state index in [0.29, 0.717) is 6.08 Å². The first-order valence-corrected chi connectivity index (χ1v) is 5.70. The molecule has 18 heavy (non-hydrogen) atoms. The Morgan fingerprint density at radius 1 is 1.39 bits per heavy atom. The Kier molecular flexibility index (Phi) is 3.14. The van der Waals surface area contributed by atoms with Crippen LogP contribution in [0, 0.1) is 0 Å². The molecule has 2 nitrogen and oxygen atoms in total. The van der Waals surface area contributed by atoms with Crippen LogP contribution < -0.4 is 5.73 Å². The van der Waals surface area contributed by atoms with Crippen LogP contribution in [0.1, 0.15) is 12.1 Å². The molecule has 98 valence electrons. The Morgan fingerprint density at radius 2 is 2.06 bits per heavy atom. The van der Waals surface area contributed by atoms with E-state index in [1.807, 2.05) is 0 Å². The van der Waals surface area contributed by atoms with Gasteiger partial charge in [-0.15, -0.1) is 11.3 Å². The second-order valence-corrected chi connectivity index (χ2v) is 4.56. The van der Waals surface area contributed by atoms with Crippen LogP contribution in [0.5, 0.6) is 0 Å². The first-order valence-electron chi connectivity index (χ1n) is 4.82. The topological polar surface area (TPSA) is 38.9 Å². The van der Waals surface area contributed by atoms with Crippen molar-refractivity contribution in [1.82, 2.24) is 4.98 Å². The largest absolute Gasteiger partial charge is 0.418 e. The summed E-state index contributed by atoms with van der Waals surface area (Å²) in [5.74, 6) is -1.61. The Balaban J connectivity index is 2.42. The number of alkyl halides is 4. The standard InChI is InChI=1S/C10H7F5N2S/c11-5-1-4(7-3-18-9(16)17-7)2-6(12)8(5)10(13,14)15/h1,3,6H,2H2,(H2,16,17). The van der Waals surface area contributed by atoms with Gasteiger partial charge < -0.3 is 5.73 Å². The second kappa shape index (κ2) is 4.34. The predicted molar refractivity (Wildman–Crippen MR) is 58.2 cm³/mol. The smallest absolute Gasteiger partial charge is 0.375 e. The van der Waals surface area contributed by atoms with Gasteiger partial charge in [-0.05, 0) is 11.6 Å². The molecule has 0 bridgehead atoms. The molecule has 8 heteroatoms. The van der Waals surface area contributed by atoms with Gasteiger partial charge in [0.05, 0.1) is 5.69 Å². The van der Waals surface area contributed by atoms with Crippen molar-refractivity contribution in [2.45, 2.75) is 18.8 Å². The molecule has 1 aromatic heterocycles. The monoisotopic (exact) mass is 282 g/mol. The highest BCUT2D eigenvalue weighted by Gasteiger charge is 2.44. The minimum absolute atomic E-state index is 0.0703. The lowest BCUT2D eigenvalue weighted by Gasteiger charge is -2.21. The van der Waals surface area contributed by atoms with Gasteiger partial charge in [0.15, 0.2) is 5.13 Å². The number of thiazole rings is 1. The van der Waals surface area contributed by atoms with Crippen LogP contribution in [0.4, 0.5) is 27.1 Å². The minimum atomic E-state index is -5.01. The molecule has 0 saturated carbocycles. The molecule has 1 atom stereocenters. The van der Waals surface area contributed by atoms with Crippen LogP contribution in [0.25, 0.3) is 5.57 Å². The fraction of sp³-hybridized carbons (Fsp3) is 0.300. The fourth-order valence-corrected chi connectivity index (χ4v) is 2.25. The van der Waals surface area contributed by atoms with Crippen LogP contribution >= 0.6 is 11.3 Å². The number of hydrogen-bond acceptors (Lipinski definition) is 3. The minimum Gasteiger partial charge on any atom is -0.375 e. The van der Waals surface area contributed by atoms with E-state index in [0.717, 1.165) is 11.3 Å². The van der Waals surface area contributed by atoms with Crippen LogP contribution in [0.2, 0.25) is 0 Å². The van der Waals surface area contributed by atoms with Crippen LogP contribution in [-0.2, 0) is 0 Å². The average Bonchev–Trinajstić information content (AvgIpc) is 2.61. The van der Waals surface area contributed by atoms with Crippen molar-refractivity contribution in [2.75, 3.05) is 5.73 Å². The Bertz CT molecular complexity index is 529. The summed E-state index contributed by atoms with van der Waals surface area (Å²) in [5, 5.41) is 1.63. The molecule has 0 fully saturated rings. The number of nitrogens with two attached hydrogens (primary N) is 1. The summed E-state index contributed by atoms with van der Waals surface area (Å²) in [7, 11) is 0. The zero-order chi connectivity index (χ0) is 13.5. The van der Waals surface area contributed by atoms with Crippen molar-refractivity contribution >= 4 is 22.0 Å². The number of aromatic nitrogens is 1. The Morgan fingerprint density at radius 3 is 2.50 bits per heavy atom. The third-order valence-electron chi connectivity index (χ3n) is 2.43. The first kappa shape index (κ1) is 13.0. The summed E-state index contributed by atoms with van der Waals surface area (Å²) >= 11 is 1.05. The molecule has 0 amide bonds. The number of hydrogen-bond donors (Lipinski definition) is 1. The van der Waals surface area contributed by atoms with Gasteiger partial charge in [-0.3, -0.25) is 0 Å². The molecule has 2 N–H and O–H groups in total. The molecule has 2 rings (SSSR count). The lowest BCUT2D eigenvalue weighted by atomic mass is 9.94. The number of rotatable bonds is 1. The van der Waals surface area contributed by atoms with Crippen molar-refractivity contribution < 1.29 is 22.0 Å². The third kappa shape index (κ3) is 2.38. The van der Waals surface area contributed by atoms with Crippen molar-refractivity contribution in [2.24, 2.45) is 0 Å².